The lowest BCUT2D eigenvalue weighted by Gasteiger charge is -2.06. The molecular formula is C8H13N. The van der Waals surface area contributed by atoms with Crippen molar-refractivity contribution in [3.8, 4) is 0 Å². The molecule has 1 heterocycles. The van der Waals surface area contributed by atoms with Gasteiger partial charge in [0.1, 0.15) is 0 Å². The van der Waals surface area contributed by atoms with Gasteiger partial charge in [0, 0.05) is 11.9 Å². The van der Waals surface area contributed by atoms with Crippen LogP contribution in [0.5, 0.6) is 0 Å². The van der Waals surface area contributed by atoms with Crippen molar-refractivity contribution in [2.45, 2.75) is 26.7 Å². The minimum Gasteiger partial charge on any atom is -0.261 e. The van der Waals surface area contributed by atoms with E-state index in [0.29, 0.717) is 0 Å². The molecule has 0 radical (unpaired) electrons. The second-order valence-corrected chi connectivity index (χ2v) is 2.87. The third-order valence-electron chi connectivity index (χ3n) is 1.49. The quantitative estimate of drug-likeness (QED) is 0.546. The van der Waals surface area contributed by atoms with Crippen molar-refractivity contribution in [1.82, 2.24) is 0 Å². The van der Waals surface area contributed by atoms with Gasteiger partial charge in [0.05, 0.1) is 0 Å². The first kappa shape index (κ1) is 6.53. The van der Waals surface area contributed by atoms with Gasteiger partial charge in [-0.25, -0.2) is 0 Å². The molecule has 0 fully saturated rings. The number of allylic oxidation sites excluding steroid dienone is 1. The molecule has 0 aromatic carbocycles. The molecule has 0 bridgehead atoms. The molecule has 0 N–H and O–H groups in total. The molecule has 1 aliphatic rings. The zero-order valence-electron chi connectivity index (χ0n) is 6.09. The van der Waals surface area contributed by atoms with E-state index in [1.54, 1.807) is 0 Å². The Morgan fingerprint density at radius 3 is 2.56 bits per heavy atom. The van der Waals surface area contributed by atoms with E-state index in [9.17, 15) is 0 Å². The first-order valence-electron chi connectivity index (χ1n) is 3.52. The molecule has 0 aliphatic carbocycles. The Hall–Kier alpha value is -0.590. The molecule has 0 atom stereocenters. The van der Waals surface area contributed by atoms with Crippen LogP contribution in [0.25, 0.3) is 0 Å². The van der Waals surface area contributed by atoms with Crippen LogP contribution in [-0.4, -0.2) is 5.71 Å². The van der Waals surface area contributed by atoms with Crippen molar-refractivity contribution in [2.24, 2.45) is 10.9 Å². The Labute approximate surface area is 56.5 Å². The average Bonchev–Trinajstić information content (AvgIpc) is 1.60. The standard InChI is InChI=1S/C8H13N/c1-7(2)3-4-8-5-6-9-8/h5-7H,3-4H2,1-2H3. The topological polar surface area (TPSA) is 12.4 Å². The second kappa shape index (κ2) is 2.81. The summed E-state index contributed by atoms with van der Waals surface area (Å²) in [5.41, 5.74) is 1.27. The summed E-state index contributed by atoms with van der Waals surface area (Å²) in [4.78, 5) is 4.08. The summed E-state index contributed by atoms with van der Waals surface area (Å²) in [6, 6.07) is 0. The Bertz CT molecular complexity index is 143. The zero-order valence-corrected chi connectivity index (χ0v) is 6.09. The number of hydrogen-bond acceptors (Lipinski definition) is 1. The lowest BCUT2D eigenvalue weighted by atomic mass is 10.0. The Balaban J connectivity index is 2.06. The lowest BCUT2D eigenvalue weighted by Crippen LogP contribution is -2.01. The Morgan fingerprint density at radius 2 is 2.22 bits per heavy atom. The third-order valence-corrected chi connectivity index (χ3v) is 1.49. The summed E-state index contributed by atoms with van der Waals surface area (Å²) in [7, 11) is 0. The van der Waals surface area contributed by atoms with Crippen LogP contribution >= 0.6 is 0 Å². The van der Waals surface area contributed by atoms with E-state index in [-0.39, 0.29) is 0 Å². The van der Waals surface area contributed by atoms with Crippen molar-refractivity contribution < 1.29 is 0 Å². The minimum atomic E-state index is 0.807. The highest BCUT2D eigenvalue weighted by atomic mass is 14.7. The van der Waals surface area contributed by atoms with Crippen LogP contribution in [0, 0.1) is 5.92 Å². The van der Waals surface area contributed by atoms with E-state index < -0.39 is 0 Å². The predicted molar refractivity (Wildman–Crippen MR) is 40.6 cm³/mol. The van der Waals surface area contributed by atoms with Crippen molar-refractivity contribution in [3.05, 3.63) is 12.3 Å². The number of hydrogen-bond donors (Lipinski definition) is 0. The average molecular weight is 123 g/mol. The monoisotopic (exact) mass is 123 g/mol. The van der Waals surface area contributed by atoms with Gasteiger partial charge < -0.3 is 0 Å². The minimum absolute atomic E-state index is 0.807. The fourth-order valence-corrected chi connectivity index (χ4v) is 0.764. The van der Waals surface area contributed by atoms with E-state index >= 15 is 0 Å². The largest absolute Gasteiger partial charge is 0.261 e. The molecule has 1 rings (SSSR count). The first-order chi connectivity index (χ1) is 4.29. The van der Waals surface area contributed by atoms with Gasteiger partial charge in [0.2, 0.25) is 0 Å². The summed E-state index contributed by atoms with van der Waals surface area (Å²) in [6.07, 6.45) is 6.37. The van der Waals surface area contributed by atoms with E-state index in [4.69, 9.17) is 0 Å². The van der Waals surface area contributed by atoms with Crippen molar-refractivity contribution >= 4 is 5.71 Å². The summed E-state index contributed by atoms with van der Waals surface area (Å²) in [5.74, 6) is 0.807. The Morgan fingerprint density at radius 1 is 1.56 bits per heavy atom. The van der Waals surface area contributed by atoms with Crippen LogP contribution in [0.2, 0.25) is 0 Å². The number of aliphatic imine (C=N–C) groups is 1. The summed E-state index contributed by atoms with van der Waals surface area (Å²) in [5, 5.41) is 0. The highest BCUT2D eigenvalue weighted by molar-refractivity contribution is 5.99. The Kier molecular flexibility index (Phi) is 2.04. The first-order valence-corrected chi connectivity index (χ1v) is 3.52. The summed E-state index contributed by atoms with van der Waals surface area (Å²) < 4.78 is 0. The van der Waals surface area contributed by atoms with Gasteiger partial charge in [-0.05, 0) is 24.8 Å². The predicted octanol–water partition coefficient (Wildman–Crippen LogP) is 2.39. The molecule has 1 aliphatic heterocycles. The molecule has 0 amide bonds. The van der Waals surface area contributed by atoms with Crippen LogP contribution in [-0.2, 0) is 0 Å². The lowest BCUT2D eigenvalue weighted by molar-refractivity contribution is 0.603. The number of nitrogens with zero attached hydrogens (tertiary/aromatic N) is 1. The van der Waals surface area contributed by atoms with Crippen molar-refractivity contribution in [1.29, 1.82) is 0 Å². The van der Waals surface area contributed by atoms with Gasteiger partial charge in [0.25, 0.3) is 0 Å². The van der Waals surface area contributed by atoms with Gasteiger partial charge in [-0.3, -0.25) is 4.99 Å². The molecular weight excluding hydrogens is 110 g/mol. The highest BCUT2D eigenvalue weighted by Crippen LogP contribution is 2.08. The van der Waals surface area contributed by atoms with Gasteiger partial charge >= 0.3 is 0 Å². The molecule has 0 saturated heterocycles. The van der Waals surface area contributed by atoms with Crippen LogP contribution < -0.4 is 0 Å². The maximum atomic E-state index is 4.08. The SMILES string of the molecule is CC(C)CCC1=NC=C1. The van der Waals surface area contributed by atoms with Crippen LogP contribution in [0.3, 0.4) is 0 Å². The molecule has 0 unspecified atom stereocenters. The molecule has 1 heteroatoms. The van der Waals surface area contributed by atoms with Gasteiger partial charge in [0.15, 0.2) is 0 Å². The van der Waals surface area contributed by atoms with Crippen molar-refractivity contribution in [2.75, 3.05) is 0 Å². The maximum Gasteiger partial charge on any atom is 0.0419 e. The summed E-state index contributed by atoms with van der Waals surface area (Å²) >= 11 is 0. The fourth-order valence-electron chi connectivity index (χ4n) is 0.764. The molecule has 9 heavy (non-hydrogen) atoms. The molecule has 50 valence electrons. The van der Waals surface area contributed by atoms with E-state index in [1.807, 2.05) is 6.20 Å². The van der Waals surface area contributed by atoms with Crippen LogP contribution in [0.15, 0.2) is 17.3 Å². The fraction of sp³-hybridized carbons (Fsp3) is 0.625. The molecule has 0 spiro atoms. The smallest absolute Gasteiger partial charge is 0.0419 e. The highest BCUT2D eigenvalue weighted by Gasteiger charge is 2.00. The van der Waals surface area contributed by atoms with Crippen LogP contribution in [0.1, 0.15) is 26.7 Å². The van der Waals surface area contributed by atoms with Gasteiger partial charge in [-0.15, -0.1) is 0 Å². The van der Waals surface area contributed by atoms with E-state index in [2.05, 4.69) is 24.9 Å². The van der Waals surface area contributed by atoms with Crippen LogP contribution in [0.4, 0.5) is 0 Å². The molecule has 1 nitrogen and oxygen atoms in total. The summed E-state index contributed by atoms with van der Waals surface area (Å²) in [6.45, 7) is 4.48. The molecule has 0 aromatic rings. The van der Waals surface area contributed by atoms with E-state index in [0.717, 1.165) is 12.3 Å². The number of rotatable bonds is 3. The second-order valence-electron chi connectivity index (χ2n) is 2.87. The zero-order chi connectivity index (χ0) is 6.69. The normalized spacial score (nSPS) is 15.7. The third kappa shape index (κ3) is 2.00. The molecule has 0 aromatic heterocycles. The van der Waals surface area contributed by atoms with E-state index in [1.165, 1.54) is 12.1 Å². The maximum absolute atomic E-state index is 4.08. The van der Waals surface area contributed by atoms with Gasteiger partial charge in [-0.2, -0.15) is 0 Å². The molecule has 0 saturated carbocycles. The van der Waals surface area contributed by atoms with Gasteiger partial charge in [-0.1, -0.05) is 13.8 Å². The van der Waals surface area contributed by atoms with Crippen molar-refractivity contribution in [3.63, 3.8) is 0 Å².